The molecule has 4 rings (SSSR count). The van der Waals surface area contributed by atoms with Crippen LogP contribution in [0.2, 0.25) is 0 Å². The van der Waals surface area contributed by atoms with E-state index in [0.29, 0.717) is 0 Å². The minimum atomic E-state index is 0.851. The highest BCUT2D eigenvalue weighted by atomic mass is 16.5. The molecule has 1 aliphatic rings. The molecule has 4 nitrogen and oxygen atoms in total. The van der Waals surface area contributed by atoms with E-state index in [1.807, 2.05) is 12.1 Å². The Bertz CT molecular complexity index is 923. The lowest BCUT2D eigenvalue weighted by Crippen LogP contribution is -2.25. The highest BCUT2D eigenvalue weighted by Gasteiger charge is 2.21. The molecule has 1 aliphatic heterocycles. The fourth-order valence-corrected chi connectivity index (χ4v) is 3.84. The Labute approximate surface area is 167 Å². The zero-order chi connectivity index (χ0) is 19.3. The number of hydrogen-bond donors (Lipinski definition) is 0. The molecule has 0 aliphatic carbocycles. The number of benzene rings is 2. The average molecular weight is 374 g/mol. The van der Waals surface area contributed by atoms with Crippen LogP contribution in [0.1, 0.15) is 29.6 Å². The number of nitrogens with zero attached hydrogens (tertiary/aromatic N) is 3. The molecule has 2 aromatic carbocycles. The summed E-state index contributed by atoms with van der Waals surface area (Å²) in [5, 5.41) is 0. The molecule has 0 saturated carbocycles. The van der Waals surface area contributed by atoms with Crippen LogP contribution in [-0.4, -0.2) is 35.1 Å². The van der Waals surface area contributed by atoms with Crippen LogP contribution in [-0.2, 0) is 25.8 Å². The summed E-state index contributed by atoms with van der Waals surface area (Å²) in [7, 11) is 1.70. The lowest BCUT2D eigenvalue weighted by atomic mass is 10.0. The topological polar surface area (TPSA) is 38.3 Å². The number of fused-ring (bicyclic) bond motifs is 1. The van der Waals surface area contributed by atoms with E-state index in [0.717, 1.165) is 61.7 Å². The van der Waals surface area contributed by atoms with E-state index in [4.69, 9.17) is 14.7 Å². The van der Waals surface area contributed by atoms with Gasteiger partial charge in [0.25, 0.3) is 0 Å². The summed E-state index contributed by atoms with van der Waals surface area (Å²) in [4.78, 5) is 12.3. The summed E-state index contributed by atoms with van der Waals surface area (Å²) in [5.41, 5.74) is 6.12. The standard InChI is InChI=1S/C24H27N3O/c1-3-23-25-22-14-16-27(17-18-7-5-4-6-8-18)15-13-21(22)24(26-23)19-9-11-20(28-2)12-10-19/h4-12H,3,13-17H2,1-2H3. The van der Waals surface area contributed by atoms with Crippen molar-refractivity contribution in [1.82, 2.24) is 14.9 Å². The Morgan fingerprint density at radius 1 is 0.929 bits per heavy atom. The molecule has 144 valence electrons. The zero-order valence-electron chi connectivity index (χ0n) is 16.7. The lowest BCUT2D eigenvalue weighted by Gasteiger charge is -2.19. The predicted octanol–water partition coefficient (Wildman–Crippen LogP) is 4.32. The van der Waals surface area contributed by atoms with Gasteiger partial charge in [0, 0.05) is 49.3 Å². The molecule has 0 radical (unpaired) electrons. The monoisotopic (exact) mass is 373 g/mol. The van der Waals surface area contributed by atoms with E-state index in [-0.39, 0.29) is 0 Å². The van der Waals surface area contributed by atoms with Crippen molar-refractivity contribution >= 4 is 0 Å². The maximum Gasteiger partial charge on any atom is 0.129 e. The second-order valence-corrected chi connectivity index (χ2v) is 7.26. The van der Waals surface area contributed by atoms with Crippen molar-refractivity contribution in [3.05, 3.63) is 77.2 Å². The van der Waals surface area contributed by atoms with Gasteiger partial charge in [0.05, 0.1) is 12.8 Å². The van der Waals surface area contributed by atoms with E-state index < -0.39 is 0 Å². The Kier molecular flexibility index (Phi) is 5.68. The molecule has 0 fully saturated rings. The van der Waals surface area contributed by atoms with Crippen LogP contribution < -0.4 is 4.74 Å². The Hall–Kier alpha value is -2.72. The zero-order valence-corrected chi connectivity index (χ0v) is 16.7. The highest BCUT2D eigenvalue weighted by molar-refractivity contribution is 5.65. The third-order valence-corrected chi connectivity index (χ3v) is 5.41. The van der Waals surface area contributed by atoms with Gasteiger partial charge in [0.2, 0.25) is 0 Å². The summed E-state index contributed by atoms with van der Waals surface area (Å²) < 4.78 is 5.31. The number of methoxy groups -OCH3 is 1. The summed E-state index contributed by atoms with van der Waals surface area (Å²) in [6, 6.07) is 18.9. The number of rotatable bonds is 5. The highest BCUT2D eigenvalue weighted by Crippen LogP contribution is 2.28. The molecule has 0 unspecified atom stereocenters. The van der Waals surface area contributed by atoms with Gasteiger partial charge in [0.1, 0.15) is 11.6 Å². The first kappa shape index (κ1) is 18.6. The van der Waals surface area contributed by atoms with Crippen molar-refractivity contribution in [3.8, 4) is 17.0 Å². The first-order chi connectivity index (χ1) is 13.8. The molecule has 28 heavy (non-hydrogen) atoms. The molecule has 0 saturated heterocycles. The molecule has 0 spiro atoms. The molecular formula is C24H27N3O. The summed E-state index contributed by atoms with van der Waals surface area (Å²) in [6.07, 6.45) is 2.80. The van der Waals surface area contributed by atoms with Crippen LogP contribution in [0.15, 0.2) is 54.6 Å². The molecule has 1 aromatic heterocycles. The van der Waals surface area contributed by atoms with Gasteiger partial charge >= 0.3 is 0 Å². The first-order valence-electron chi connectivity index (χ1n) is 10.1. The van der Waals surface area contributed by atoms with Crippen LogP contribution in [0.3, 0.4) is 0 Å². The van der Waals surface area contributed by atoms with Crippen molar-refractivity contribution in [2.45, 2.75) is 32.7 Å². The molecular weight excluding hydrogens is 346 g/mol. The van der Waals surface area contributed by atoms with E-state index in [1.165, 1.54) is 16.8 Å². The molecule has 0 N–H and O–H groups in total. The van der Waals surface area contributed by atoms with Crippen molar-refractivity contribution in [2.75, 3.05) is 20.2 Å². The number of aromatic nitrogens is 2. The Balaban J connectivity index is 1.63. The molecule has 2 heterocycles. The number of aryl methyl sites for hydroxylation is 1. The van der Waals surface area contributed by atoms with E-state index in [2.05, 4.69) is 54.3 Å². The van der Waals surface area contributed by atoms with Crippen molar-refractivity contribution < 1.29 is 4.74 Å². The maximum atomic E-state index is 5.31. The number of ether oxygens (including phenoxy) is 1. The minimum Gasteiger partial charge on any atom is -0.497 e. The fourth-order valence-electron chi connectivity index (χ4n) is 3.84. The van der Waals surface area contributed by atoms with Gasteiger partial charge in [-0.2, -0.15) is 0 Å². The largest absolute Gasteiger partial charge is 0.497 e. The normalized spacial score (nSPS) is 14.4. The fraction of sp³-hybridized carbons (Fsp3) is 0.333. The number of hydrogen-bond acceptors (Lipinski definition) is 4. The predicted molar refractivity (Wildman–Crippen MR) is 113 cm³/mol. The van der Waals surface area contributed by atoms with Crippen molar-refractivity contribution in [2.24, 2.45) is 0 Å². The quantitative estimate of drug-likeness (QED) is 0.668. The Morgan fingerprint density at radius 3 is 2.39 bits per heavy atom. The minimum absolute atomic E-state index is 0.851. The van der Waals surface area contributed by atoms with Crippen molar-refractivity contribution in [3.63, 3.8) is 0 Å². The third kappa shape index (κ3) is 4.07. The van der Waals surface area contributed by atoms with Crippen LogP contribution in [0.4, 0.5) is 0 Å². The smallest absolute Gasteiger partial charge is 0.129 e. The van der Waals surface area contributed by atoms with Gasteiger partial charge < -0.3 is 4.74 Å². The molecule has 0 amide bonds. The maximum absolute atomic E-state index is 5.31. The van der Waals surface area contributed by atoms with Crippen molar-refractivity contribution in [1.29, 1.82) is 0 Å². The van der Waals surface area contributed by atoms with E-state index in [1.54, 1.807) is 7.11 Å². The average Bonchev–Trinajstić information content (AvgIpc) is 2.96. The van der Waals surface area contributed by atoms with Gasteiger partial charge in [-0.1, -0.05) is 37.3 Å². The van der Waals surface area contributed by atoms with E-state index in [9.17, 15) is 0 Å². The molecule has 0 bridgehead atoms. The van der Waals surface area contributed by atoms with Gasteiger partial charge in [-0.25, -0.2) is 9.97 Å². The second kappa shape index (κ2) is 8.53. The summed E-state index contributed by atoms with van der Waals surface area (Å²) >= 11 is 0. The SMILES string of the molecule is CCc1nc2c(c(-c3ccc(OC)cc3)n1)CCN(Cc1ccccc1)CC2. The van der Waals surface area contributed by atoms with Crippen LogP contribution in [0.5, 0.6) is 5.75 Å². The van der Waals surface area contributed by atoms with Crippen LogP contribution >= 0.6 is 0 Å². The first-order valence-corrected chi connectivity index (χ1v) is 10.1. The van der Waals surface area contributed by atoms with Gasteiger partial charge in [-0.3, -0.25) is 4.90 Å². The van der Waals surface area contributed by atoms with Crippen LogP contribution in [0, 0.1) is 0 Å². The third-order valence-electron chi connectivity index (χ3n) is 5.41. The summed E-state index contributed by atoms with van der Waals surface area (Å²) in [5.74, 6) is 1.80. The van der Waals surface area contributed by atoms with Crippen LogP contribution in [0.25, 0.3) is 11.3 Å². The molecule has 3 aromatic rings. The second-order valence-electron chi connectivity index (χ2n) is 7.26. The van der Waals surface area contributed by atoms with Gasteiger partial charge in [-0.15, -0.1) is 0 Å². The van der Waals surface area contributed by atoms with Gasteiger partial charge in [0.15, 0.2) is 0 Å². The molecule has 0 atom stereocenters. The Morgan fingerprint density at radius 2 is 1.68 bits per heavy atom. The summed E-state index contributed by atoms with van der Waals surface area (Å²) in [6.45, 7) is 5.17. The lowest BCUT2D eigenvalue weighted by molar-refractivity contribution is 0.279. The van der Waals surface area contributed by atoms with Gasteiger partial charge in [-0.05, 0) is 36.2 Å². The molecule has 4 heteroatoms. The van der Waals surface area contributed by atoms with E-state index >= 15 is 0 Å².